The molecule has 1 rings (SSSR count). The lowest BCUT2D eigenvalue weighted by molar-refractivity contribution is -0.142. The van der Waals surface area contributed by atoms with Crippen LogP contribution >= 0.6 is 0 Å². The Bertz CT molecular complexity index is 428. The maximum Gasteiger partial charge on any atom is 0.307 e. The van der Waals surface area contributed by atoms with Gasteiger partial charge in [0.1, 0.15) is 0 Å². The minimum Gasteiger partial charge on any atom is -0.466 e. The van der Waals surface area contributed by atoms with Crippen LogP contribution in [0.2, 0.25) is 0 Å². The molecule has 7 nitrogen and oxygen atoms in total. The normalized spacial score (nSPS) is 10.1. The number of amides is 1. The Kier molecular flexibility index (Phi) is 5.16. The minimum atomic E-state index is -0.396. The summed E-state index contributed by atoms with van der Waals surface area (Å²) in [6.07, 6.45) is 0.805. The number of hydrogen-bond donors (Lipinski definition) is 3. The first-order valence-electron chi connectivity index (χ1n) is 5.86. The van der Waals surface area contributed by atoms with Crippen LogP contribution in [0, 0.1) is 0 Å². The highest BCUT2D eigenvalue weighted by Crippen LogP contribution is 2.13. The summed E-state index contributed by atoms with van der Waals surface area (Å²) in [6.45, 7) is 4.17. The molecule has 18 heavy (non-hydrogen) atoms. The van der Waals surface area contributed by atoms with E-state index in [4.69, 9.17) is 10.5 Å². The molecule has 1 heterocycles. The third-order valence-corrected chi connectivity index (χ3v) is 2.37. The zero-order valence-corrected chi connectivity index (χ0v) is 10.6. The lowest BCUT2D eigenvalue weighted by Gasteiger charge is -2.04. The Morgan fingerprint density at radius 2 is 2.17 bits per heavy atom. The molecule has 0 fully saturated rings. The molecule has 0 aliphatic carbocycles. The second-order valence-electron chi connectivity index (χ2n) is 3.63. The summed E-state index contributed by atoms with van der Waals surface area (Å²) in [6, 6.07) is 0. The van der Waals surface area contributed by atoms with Gasteiger partial charge in [0, 0.05) is 6.54 Å². The highest BCUT2D eigenvalue weighted by molar-refractivity contribution is 5.97. The van der Waals surface area contributed by atoms with Gasteiger partial charge in [0.2, 0.25) is 0 Å². The predicted molar refractivity (Wildman–Crippen MR) is 66.0 cm³/mol. The molecule has 0 spiro atoms. The van der Waals surface area contributed by atoms with Gasteiger partial charge in [0.05, 0.1) is 24.4 Å². The van der Waals surface area contributed by atoms with E-state index in [0.29, 0.717) is 18.7 Å². The Morgan fingerprint density at radius 3 is 2.72 bits per heavy atom. The minimum absolute atomic E-state index is 0.130. The van der Waals surface area contributed by atoms with Crippen LogP contribution in [0.25, 0.3) is 0 Å². The van der Waals surface area contributed by atoms with Gasteiger partial charge in [-0.2, -0.15) is 5.10 Å². The maximum absolute atomic E-state index is 11.7. The summed E-state index contributed by atoms with van der Waals surface area (Å²) < 4.78 is 4.74. The standard InChI is InChI=1S/C11H18N4O3/c1-3-7-9(12)10(15-14-7)11(17)13-6-5-8(16)18-4-2/h3-6,12H2,1-2H3,(H,13,17)(H,14,15). The molecule has 0 saturated heterocycles. The van der Waals surface area contributed by atoms with E-state index >= 15 is 0 Å². The van der Waals surface area contributed by atoms with E-state index in [2.05, 4.69) is 15.5 Å². The van der Waals surface area contributed by atoms with Gasteiger partial charge in [0.25, 0.3) is 5.91 Å². The van der Waals surface area contributed by atoms with E-state index in [-0.39, 0.29) is 24.6 Å². The van der Waals surface area contributed by atoms with E-state index < -0.39 is 5.91 Å². The van der Waals surface area contributed by atoms with Crippen molar-refractivity contribution in [2.24, 2.45) is 0 Å². The second-order valence-corrected chi connectivity index (χ2v) is 3.63. The summed E-state index contributed by atoms with van der Waals surface area (Å²) in [5.41, 5.74) is 6.99. The Morgan fingerprint density at radius 1 is 1.44 bits per heavy atom. The lowest BCUT2D eigenvalue weighted by Crippen LogP contribution is -2.27. The zero-order valence-electron chi connectivity index (χ0n) is 10.6. The van der Waals surface area contributed by atoms with Crippen molar-refractivity contribution >= 4 is 17.6 Å². The van der Waals surface area contributed by atoms with Crippen LogP contribution < -0.4 is 11.1 Å². The maximum atomic E-state index is 11.7. The number of nitrogens with zero attached hydrogens (tertiary/aromatic N) is 1. The molecule has 7 heteroatoms. The number of carbonyl (C=O) groups excluding carboxylic acids is 2. The molecule has 0 aromatic carbocycles. The van der Waals surface area contributed by atoms with Crippen LogP contribution in [0.4, 0.5) is 5.69 Å². The quantitative estimate of drug-likeness (QED) is 0.630. The predicted octanol–water partition coefficient (Wildman–Crippen LogP) is 0.237. The Hall–Kier alpha value is -2.05. The van der Waals surface area contributed by atoms with E-state index in [0.717, 1.165) is 5.69 Å². The SMILES string of the molecule is CCOC(=O)CCNC(=O)c1n[nH]c(CC)c1N. The lowest BCUT2D eigenvalue weighted by atomic mass is 10.2. The van der Waals surface area contributed by atoms with Crippen LogP contribution in [-0.2, 0) is 16.0 Å². The van der Waals surface area contributed by atoms with Crippen molar-refractivity contribution in [1.82, 2.24) is 15.5 Å². The van der Waals surface area contributed by atoms with Gasteiger partial charge in [0.15, 0.2) is 5.69 Å². The van der Waals surface area contributed by atoms with Crippen LogP contribution in [0.1, 0.15) is 36.5 Å². The molecule has 4 N–H and O–H groups in total. The molecule has 0 aliphatic rings. The van der Waals surface area contributed by atoms with Crippen molar-refractivity contribution in [3.8, 4) is 0 Å². The first-order valence-corrected chi connectivity index (χ1v) is 5.86. The van der Waals surface area contributed by atoms with Gasteiger partial charge >= 0.3 is 5.97 Å². The number of nitrogen functional groups attached to an aromatic ring is 1. The molecule has 0 radical (unpaired) electrons. The monoisotopic (exact) mass is 254 g/mol. The molecular weight excluding hydrogens is 236 g/mol. The molecule has 0 bridgehead atoms. The van der Waals surface area contributed by atoms with E-state index in [9.17, 15) is 9.59 Å². The van der Waals surface area contributed by atoms with E-state index in [1.165, 1.54) is 0 Å². The molecule has 0 atom stereocenters. The number of aromatic nitrogens is 2. The summed E-state index contributed by atoms with van der Waals surface area (Å²) in [4.78, 5) is 22.8. The Balaban J connectivity index is 2.45. The van der Waals surface area contributed by atoms with Crippen molar-refractivity contribution in [3.63, 3.8) is 0 Å². The van der Waals surface area contributed by atoms with Crippen molar-refractivity contribution in [3.05, 3.63) is 11.4 Å². The van der Waals surface area contributed by atoms with Gasteiger partial charge in [-0.25, -0.2) is 0 Å². The smallest absolute Gasteiger partial charge is 0.307 e. The summed E-state index contributed by atoms with van der Waals surface area (Å²) in [5.74, 6) is -0.741. The average Bonchev–Trinajstić information content (AvgIpc) is 2.70. The molecule has 0 aliphatic heterocycles. The van der Waals surface area contributed by atoms with Gasteiger partial charge in [-0.1, -0.05) is 6.92 Å². The molecular formula is C11H18N4O3. The topological polar surface area (TPSA) is 110 Å². The van der Waals surface area contributed by atoms with Crippen molar-refractivity contribution < 1.29 is 14.3 Å². The number of aromatic amines is 1. The third-order valence-electron chi connectivity index (χ3n) is 2.37. The molecule has 0 unspecified atom stereocenters. The number of H-pyrrole nitrogens is 1. The first-order chi connectivity index (χ1) is 8.60. The van der Waals surface area contributed by atoms with Crippen LogP contribution in [0.3, 0.4) is 0 Å². The van der Waals surface area contributed by atoms with Gasteiger partial charge in [-0.3, -0.25) is 14.7 Å². The number of ether oxygens (including phenoxy) is 1. The third kappa shape index (κ3) is 3.47. The van der Waals surface area contributed by atoms with Gasteiger partial charge in [-0.05, 0) is 13.3 Å². The fourth-order valence-corrected chi connectivity index (χ4v) is 1.42. The van der Waals surface area contributed by atoms with Crippen molar-refractivity contribution in [1.29, 1.82) is 0 Å². The van der Waals surface area contributed by atoms with Crippen molar-refractivity contribution in [2.45, 2.75) is 26.7 Å². The van der Waals surface area contributed by atoms with Crippen LogP contribution in [0.5, 0.6) is 0 Å². The highest BCUT2D eigenvalue weighted by Gasteiger charge is 2.16. The van der Waals surface area contributed by atoms with Crippen LogP contribution in [-0.4, -0.2) is 35.2 Å². The molecule has 1 amide bonds. The Labute approximate surface area is 105 Å². The number of esters is 1. The summed E-state index contributed by atoms with van der Waals surface area (Å²) >= 11 is 0. The number of nitrogens with two attached hydrogens (primary N) is 1. The summed E-state index contributed by atoms with van der Waals surface area (Å²) in [5, 5.41) is 9.10. The number of hydrogen-bond acceptors (Lipinski definition) is 5. The first kappa shape index (κ1) is 14.0. The highest BCUT2D eigenvalue weighted by atomic mass is 16.5. The van der Waals surface area contributed by atoms with E-state index in [1.807, 2.05) is 6.92 Å². The second kappa shape index (κ2) is 6.63. The molecule has 100 valence electrons. The largest absolute Gasteiger partial charge is 0.466 e. The number of carbonyl (C=O) groups is 2. The summed E-state index contributed by atoms with van der Waals surface area (Å²) in [7, 11) is 0. The van der Waals surface area contributed by atoms with E-state index in [1.54, 1.807) is 6.92 Å². The van der Waals surface area contributed by atoms with Crippen LogP contribution in [0.15, 0.2) is 0 Å². The average molecular weight is 254 g/mol. The number of rotatable bonds is 6. The zero-order chi connectivity index (χ0) is 13.5. The number of nitrogens with one attached hydrogen (secondary N) is 2. The van der Waals surface area contributed by atoms with Crippen molar-refractivity contribution in [2.75, 3.05) is 18.9 Å². The molecule has 0 saturated carbocycles. The number of aryl methyl sites for hydroxylation is 1. The number of anilines is 1. The fraction of sp³-hybridized carbons (Fsp3) is 0.545. The van der Waals surface area contributed by atoms with Gasteiger partial charge < -0.3 is 15.8 Å². The molecule has 1 aromatic rings. The fourth-order valence-electron chi connectivity index (χ4n) is 1.42. The van der Waals surface area contributed by atoms with Gasteiger partial charge in [-0.15, -0.1) is 0 Å². The molecule has 1 aromatic heterocycles.